The lowest BCUT2D eigenvalue weighted by atomic mass is 10.2. The van der Waals surface area contributed by atoms with Crippen LogP contribution in [0.1, 0.15) is 21.6 Å². The van der Waals surface area contributed by atoms with Gasteiger partial charge in [-0.1, -0.05) is 11.6 Å². The summed E-state index contributed by atoms with van der Waals surface area (Å²) in [5, 5.41) is 11.6. The fourth-order valence-electron chi connectivity index (χ4n) is 2.91. The maximum Gasteiger partial charge on any atom is 0.434 e. The van der Waals surface area contributed by atoms with Crippen LogP contribution in [0.15, 0.2) is 42.0 Å². The number of nitrogens with zero attached hydrogens (tertiary/aromatic N) is 6. The molecule has 1 amide bonds. The fourth-order valence-corrected chi connectivity index (χ4v) is 3.16. The molecule has 9 nitrogen and oxygen atoms in total. The van der Waals surface area contributed by atoms with Crippen molar-refractivity contribution in [2.24, 2.45) is 5.10 Å². The minimum Gasteiger partial charge on any atom is -0.320 e. The summed E-state index contributed by atoms with van der Waals surface area (Å²) >= 11 is 6.17. The molecule has 0 bridgehead atoms. The Bertz CT molecular complexity index is 1180. The molecule has 4 rings (SSSR count). The molecular formula is C18H14ClF3N8O. The summed E-state index contributed by atoms with van der Waals surface area (Å²) in [7, 11) is 0. The highest BCUT2D eigenvalue weighted by Gasteiger charge is 2.40. The third-order valence-electron chi connectivity index (χ3n) is 4.20. The van der Waals surface area contributed by atoms with Gasteiger partial charge in [0.15, 0.2) is 11.5 Å². The number of hydrogen-bond donors (Lipinski definition) is 2. The Balaban J connectivity index is 1.64. The van der Waals surface area contributed by atoms with Crippen LogP contribution in [0.4, 0.5) is 24.7 Å². The molecule has 0 saturated heterocycles. The average Bonchev–Trinajstić information content (AvgIpc) is 3.38. The van der Waals surface area contributed by atoms with Gasteiger partial charge in [-0.15, -0.1) is 0 Å². The second-order valence-electron chi connectivity index (χ2n) is 6.49. The first-order chi connectivity index (χ1) is 14.7. The molecule has 1 aliphatic heterocycles. The number of carbonyl (C=O) groups excluding carboxylic acids is 1. The lowest BCUT2D eigenvalue weighted by Crippen LogP contribution is -2.29. The number of pyridine rings is 2. The number of alkyl halides is 3. The summed E-state index contributed by atoms with van der Waals surface area (Å²) in [6, 6.07) is 2.84. The summed E-state index contributed by atoms with van der Waals surface area (Å²) in [5.74, 6) is -0.730. The highest BCUT2D eigenvalue weighted by molar-refractivity contribution is 6.33. The summed E-state index contributed by atoms with van der Waals surface area (Å²) in [4.78, 5) is 20.6. The van der Waals surface area contributed by atoms with Gasteiger partial charge in [0.25, 0.3) is 5.91 Å². The van der Waals surface area contributed by atoms with Crippen molar-refractivity contribution in [1.82, 2.24) is 25.2 Å². The predicted molar refractivity (Wildman–Crippen MR) is 107 cm³/mol. The van der Waals surface area contributed by atoms with Crippen LogP contribution in [0.25, 0.3) is 5.69 Å². The van der Waals surface area contributed by atoms with Crippen molar-refractivity contribution in [3.05, 3.63) is 58.8 Å². The number of hydrazone groups is 1. The number of anilines is 2. The first kappa shape index (κ1) is 20.8. The Morgan fingerprint density at radius 1 is 1.23 bits per heavy atom. The highest BCUT2D eigenvalue weighted by atomic mass is 35.5. The molecule has 0 aliphatic carbocycles. The van der Waals surface area contributed by atoms with Gasteiger partial charge < -0.3 is 5.32 Å². The van der Waals surface area contributed by atoms with E-state index in [0.29, 0.717) is 16.8 Å². The number of rotatable bonds is 4. The molecule has 0 unspecified atom stereocenters. The van der Waals surface area contributed by atoms with Gasteiger partial charge in [0.05, 0.1) is 47.1 Å². The summed E-state index contributed by atoms with van der Waals surface area (Å²) < 4.78 is 42.0. The number of amides is 1. The third-order valence-corrected chi connectivity index (χ3v) is 4.48. The van der Waals surface area contributed by atoms with Crippen LogP contribution in [0, 0.1) is 6.92 Å². The first-order valence-corrected chi connectivity index (χ1v) is 9.22. The molecule has 0 spiro atoms. The lowest BCUT2D eigenvalue weighted by molar-refractivity contribution is -0.143. The van der Waals surface area contributed by atoms with E-state index in [9.17, 15) is 18.0 Å². The Kier molecular flexibility index (Phi) is 5.33. The van der Waals surface area contributed by atoms with Crippen molar-refractivity contribution in [1.29, 1.82) is 0 Å². The van der Waals surface area contributed by atoms with Gasteiger partial charge in [-0.2, -0.15) is 28.5 Å². The van der Waals surface area contributed by atoms with Gasteiger partial charge in [0, 0.05) is 12.4 Å². The maximum atomic E-state index is 13.8. The third kappa shape index (κ3) is 4.20. The zero-order valence-corrected chi connectivity index (χ0v) is 16.6. The summed E-state index contributed by atoms with van der Waals surface area (Å²) in [6.45, 7) is 2.18. The number of aryl methyl sites for hydroxylation is 1. The standard InChI is InChI=1S/C18H14ClF3N8O/c1-10-4-12(8-23-6-10)29-15(18(20,21)22)13(9-27-29)17(31)28-11-5-14(19)16(24-7-11)30-25-2-3-26-30/h2,4-9,26H,3H2,1H3,(H,28,31). The largest absolute Gasteiger partial charge is 0.434 e. The minimum atomic E-state index is -4.84. The molecule has 0 fully saturated rings. The van der Waals surface area contributed by atoms with E-state index in [0.717, 1.165) is 6.20 Å². The fraction of sp³-hybridized carbons (Fsp3) is 0.167. The molecule has 0 radical (unpaired) electrons. The Morgan fingerprint density at radius 3 is 2.68 bits per heavy atom. The van der Waals surface area contributed by atoms with E-state index in [1.807, 2.05) is 0 Å². The van der Waals surface area contributed by atoms with E-state index in [1.54, 1.807) is 13.1 Å². The Morgan fingerprint density at radius 2 is 2.03 bits per heavy atom. The molecule has 0 saturated carbocycles. The molecule has 160 valence electrons. The van der Waals surface area contributed by atoms with Gasteiger partial charge in [-0.3, -0.25) is 9.78 Å². The molecule has 3 aromatic rings. The zero-order chi connectivity index (χ0) is 22.2. The van der Waals surface area contributed by atoms with E-state index in [4.69, 9.17) is 11.6 Å². The number of hydrogen-bond acceptors (Lipinski definition) is 7. The number of halogens is 4. The Hall–Kier alpha value is -3.51. The highest BCUT2D eigenvalue weighted by Crippen LogP contribution is 2.34. The summed E-state index contributed by atoms with van der Waals surface area (Å²) in [5.41, 5.74) is 1.85. The SMILES string of the molecule is Cc1cncc(-n2ncc(C(=O)Nc3cnc(N4N=CCN4)c(Cl)c3)c2C(F)(F)F)c1. The molecule has 1 aliphatic rings. The molecule has 13 heteroatoms. The van der Waals surface area contributed by atoms with E-state index in [-0.39, 0.29) is 22.2 Å². The smallest absolute Gasteiger partial charge is 0.320 e. The first-order valence-electron chi connectivity index (χ1n) is 8.84. The number of nitrogens with one attached hydrogen (secondary N) is 2. The van der Waals surface area contributed by atoms with Crippen LogP contribution in [-0.4, -0.2) is 38.4 Å². The molecule has 3 aromatic heterocycles. The average molecular weight is 451 g/mol. The van der Waals surface area contributed by atoms with Crippen molar-refractivity contribution in [2.45, 2.75) is 13.1 Å². The van der Waals surface area contributed by atoms with E-state index >= 15 is 0 Å². The number of aromatic nitrogens is 4. The van der Waals surface area contributed by atoms with Crippen LogP contribution in [-0.2, 0) is 6.18 Å². The van der Waals surface area contributed by atoms with Gasteiger partial charge in [-0.05, 0) is 24.6 Å². The quantitative estimate of drug-likeness (QED) is 0.633. The van der Waals surface area contributed by atoms with Crippen molar-refractivity contribution in [3.8, 4) is 5.69 Å². The van der Waals surface area contributed by atoms with Crippen LogP contribution < -0.4 is 15.9 Å². The van der Waals surface area contributed by atoms with Crippen molar-refractivity contribution in [2.75, 3.05) is 17.0 Å². The molecule has 0 aromatic carbocycles. The van der Waals surface area contributed by atoms with E-state index in [1.165, 1.54) is 35.8 Å². The topological polar surface area (TPSA) is 100 Å². The van der Waals surface area contributed by atoms with Gasteiger partial charge >= 0.3 is 6.18 Å². The van der Waals surface area contributed by atoms with Crippen molar-refractivity contribution >= 4 is 35.2 Å². The molecule has 31 heavy (non-hydrogen) atoms. The van der Waals surface area contributed by atoms with Gasteiger partial charge in [0.2, 0.25) is 0 Å². The molecule has 2 N–H and O–H groups in total. The second-order valence-corrected chi connectivity index (χ2v) is 6.90. The van der Waals surface area contributed by atoms with Crippen molar-refractivity contribution in [3.63, 3.8) is 0 Å². The maximum absolute atomic E-state index is 13.8. The van der Waals surface area contributed by atoms with E-state index < -0.39 is 23.3 Å². The van der Waals surface area contributed by atoms with Crippen molar-refractivity contribution < 1.29 is 18.0 Å². The van der Waals surface area contributed by atoms with E-state index in [2.05, 4.69) is 30.9 Å². The van der Waals surface area contributed by atoms with Crippen LogP contribution >= 0.6 is 11.6 Å². The Labute approximate surface area is 178 Å². The van der Waals surface area contributed by atoms with Gasteiger partial charge in [-0.25, -0.2) is 15.1 Å². The normalized spacial score (nSPS) is 13.6. The molecule has 0 atom stereocenters. The summed E-state index contributed by atoms with van der Waals surface area (Å²) in [6.07, 6.45) is 1.61. The monoisotopic (exact) mass is 450 g/mol. The minimum absolute atomic E-state index is 0.0825. The van der Waals surface area contributed by atoms with Crippen LogP contribution in [0.5, 0.6) is 0 Å². The predicted octanol–water partition coefficient (Wildman–Crippen LogP) is 3.21. The molecule has 4 heterocycles. The molecular weight excluding hydrogens is 437 g/mol. The second kappa shape index (κ2) is 7.96. The lowest BCUT2D eigenvalue weighted by Gasteiger charge is -2.15. The van der Waals surface area contributed by atoms with Gasteiger partial charge in [0.1, 0.15) is 0 Å². The number of carbonyl (C=O) groups is 1. The van der Waals surface area contributed by atoms with Crippen LogP contribution in [0.2, 0.25) is 5.02 Å². The van der Waals surface area contributed by atoms with Crippen LogP contribution in [0.3, 0.4) is 0 Å². The number of hydrazine groups is 1. The zero-order valence-electron chi connectivity index (χ0n) is 15.9.